The van der Waals surface area contributed by atoms with Crippen molar-refractivity contribution in [3.63, 3.8) is 0 Å². The van der Waals surface area contributed by atoms with Crippen LogP contribution >= 0.6 is 11.3 Å². The van der Waals surface area contributed by atoms with Crippen molar-refractivity contribution in [2.24, 2.45) is 0 Å². The van der Waals surface area contributed by atoms with Gasteiger partial charge in [0.25, 0.3) is 5.91 Å². The molecule has 7 heteroatoms. The van der Waals surface area contributed by atoms with Crippen molar-refractivity contribution in [1.29, 1.82) is 0 Å². The number of benzene rings is 2. The maximum absolute atomic E-state index is 12.6. The van der Waals surface area contributed by atoms with E-state index in [9.17, 15) is 4.79 Å². The Bertz CT molecular complexity index is 1010. The quantitative estimate of drug-likeness (QED) is 0.537. The molecular formula is C25H30N4O2S. The highest BCUT2D eigenvalue weighted by molar-refractivity contribution is 7.14. The number of anilines is 2. The van der Waals surface area contributed by atoms with Crippen molar-refractivity contribution in [1.82, 2.24) is 9.88 Å². The van der Waals surface area contributed by atoms with Crippen molar-refractivity contribution in [2.45, 2.75) is 20.4 Å². The van der Waals surface area contributed by atoms with Crippen LogP contribution in [0.2, 0.25) is 0 Å². The molecule has 0 bridgehead atoms. The number of thiazole rings is 1. The number of carbonyl (C=O) groups excluding carboxylic acids is 1. The van der Waals surface area contributed by atoms with Gasteiger partial charge >= 0.3 is 0 Å². The van der Waals surface area contributed by atoms with Crippen LogP contribution in [0.4, 0.5) is 10.8 Å². The molecule has 0 aliphatic carbocycles. The van der Waals surface area contributed by atoms with Crippen molar-refractivity contribution in [2.75, 3.05) is 49.6 Å². The smallest absolute Gasteiger partial charge is 0.255 e. The van der Waals surface area contributed by atoms with Gasteiger partial charge < -0.3 is 15.0 Å². The molecule has 1 saturated heterocycles. The van der Waals surface area contributed by atoms with Gasteiger partial charge in [-0.05, 0) is 42.9 Å². The van der Waals surface area contributed by atoms with E-state index in [1.54, 1.807) is 11.3 Å². The van der Waals surface area contributed by atoms with Gasteiger partial charge in [-0.15, -0.1) is 11.3 Å². The summed E-state index contributed by atoms with van der Waals surface area (Å²) in [4.78, 5) is 22.0. The van der Waals surface area contributed by atoms with E-state index in [1.807, 2.05) is 48.5 Å². The third-order valence-corrected chi connectivity index (χ3v) is 6.63. The van der Waals surface area contributed by atoms with E-state index in [4.69, 9.17) is 9.72 Å². The van der Waals surface area contributed by atoms with Gasteiger partial charge in [0.05, 0.1) is 18.9 Å². The van der Waals surface area contributed by atoms with Crippen LogP contribution in [0.3, 0.4) is 0 Å². The normalized spacial score (nSPS) is 14.0. The van der Waals surface area contributed by atoms with E-state index in [0.29, 0.717) is 5.56 Å². The van der Waals surface area contributed by atoms with Gasteiger partial charge in [0, 0.05) is 41.8 Å². The third kappa shape index (κ3) is 5.54. The van der Waals surface area contributed by atoms with E-state index >= 15 is 0 Å². The summed E-state index contributed by atoms with van der Waals surface area (Å²) in [5, 5.41) is 6.10. The highest BCUT2D eigenvalue weighted by Crippen LogP contribution is 2.28. The van der Waals surface area contributed by atoms with Gasteiger partial charge in [-0.1, -0.05) is 38.1 Å². The maximum atomic E-state index is 12.6. The summed E-state index contributed by atoms with van der Waals surface area (Å²) in [6, 6.07) is 15.7. The van der Waals surface area contributed by atoms with Gasteiger partial charge in [-0.2, -0.15) is 0 Å². The molecule has 2 aromatic carbocycles. The van der Waals surface area contributed by atoms with E-state index < -0.39 is 0 Å². The molecule has 0 spiro atoms. The van der Waals surface area contributed by atoms with Gasteiger partial charge in [-0.25, -0.2) is 4.98 Å². The average molecular weight is 451 g/mol. The van der Waals surface area contributed by atoms with Gasteiger partial charge in [-0.3, -0.25) is 9.69 Å². The molecule has 0 radical (unpaired) electrons. The molecule has 168 valence electrons. The Morgan fingerprint density at radius 1 is 1.06 bits per heavy atom. The summed E-state index contributed by atoms with van der Waals surface area (Å²) in [5.74, 6) is -0.101. The monoisotopic (exact) mass is 450 g/mol. The molecule has 0 unspecified atom stereocenters. The zero-order valence-corrected chi connectivity index (χ0v) is 19.5. The summed E-state index contributed by atoms with van der Waals surface area (Å²) in [6.07, 6.45) is 0. The minimum absolute atomic E-state index is 0.101. The summed E-state index contributed by atoms with van der Waals surface area (Å²) in [6.45, 7) is 10.5. The predicted octanol–water partition coefficient (Wildman–Crippen LogP) is 4.74. The number of aromatic nitrogens is 1. The molecule has 4 rings (SSSR count). The number of ether oxygens (including phenoxy) is 1. The first-order valence-electron chi connectivity index (χ1n) is 11.2. The van der Waals surface area contributed by atoms with Crippen LogP contribution in [0.15, 0.2) is 53.9 Å². The van der Waals surface area contributed by atoms with Crippen molar-refractivity contribution < 1.29 is 9.53 Å². The number of nitrogens with one attached hydrogen (secondary N) is 1. The van der Waals surface area contributed by atoms with Gasteiger partial charge in [0.1, 0.15) is 0 Å². The Kier molecular flexibility index (Phi) is 7.52. The highest BCUT2D eigenvalue weighted by atomic mass is 32.1. The average Bonchev–Trinajstić information content (AvgIpc) is 3.34. The lowest BCUT2D eigenvalue weighted by atomic mass is 10.1. The molecule has 0 saturated carbocycles. The maximum Gasteiger partial charge on any atom is 0.255 e. The summed E-state index contributed by atoms with van der Waals surface area (Å²) in [5.41, 5.74) is 4.65. The largest absolute Gasteiger partial charge is 0.378 e. The fraction of sp³-hybridized carbons (Fsp3) is 0.360. The minimum atomic E-state index is -0.101. The second-order valence-corrected chi connectivity index (χ2v) is 8.64. The van der Waals surface area contributed by atoms with Crippen LogP contribution < -0.4 is 10.2 Å². The number of carbonyl (C=O) groups is 1. The molecule has 32 heavy (non-hydrogen) atoms. The molecule has 3 aromatic rings. The summed E-state index contributed by atoms with van der Waals surface area (Å²) < 4.78 is 5.42. The van der Waals surface area contributed by atoms with Gasteiger partial charge in [0.2, 0.25) is 0 Å². The lowest BCUT2D eigenvalue weighted by Crippen LogP contribution is -2.36. The Hall–Kier alpha value is -2.74. The van der Waals surface area contributed by atoms with Crippen LogP contribution in [-0.2, 0) is 11.3 Å². The Labute approximate surface area is 193 Å². The van der Waals surface area contributed by atoms with E-state index in [-0.39, 0.29) is 5.91 Å². The SMILES string of the molecule is CCN(CC)Cc1ccc(C(=O)Nc2ccc(-c3csc(N4CCOCC4)n3)cc2)cc1. The summed E-state index contributed by atoms with van der Waals surface area (Å²) >= 11 is 1.66. The van der Waals surface area contributed by atoms with Crippen LogP contribution in [-0.4, -0.2) is 55.2 Å². The molecule has 1 aromatic heterocycles. The molecular weight excluding hydrogens is 420 g/mol. The molecule has 6 nitrogen and oxygen atoms in total. The fourth-order valence-corrected chi connectivity index (χ4v) is 4.58. The molecule has 1 aliphatic heterocycles. The summed E-state index contributed by atoms with van der Waals surface area (Å²) in [7, 11) is 0. The van der Waals surface area contributed by atoms with E-state index in [2.05, 4.69) is 34.3 Å². The zero-order valence-electron chi connectivity index (χ0n) is 18.7. The second-order valence-electron chi connectivity index (χ2n) is 7.80. The first-order chi connectivity index (χ1) is 15.7. The standard InChI is InChI=1S/C25H30N4O2S/c1-3-28(4-2)17-19-5-7-21(8-6-19)24(30)26-22-11-9-20(10-12-22)23-18-32-25(27-23)29-13-15-31-16-14-29/h5-12,18H,3-4,13-17H2,1-2H3,(H,26,30). The third-order valence-electron chi connectivity index (χ3n) is 5.73. The lowest BCUT2D eigenvalue weighted by molar-refractivity contribution is 0.102. The van der Waals surface area contributed by atoms with Gasteiger partial charge in [0.15, 0.2) is 5.13 Å². The molecule has 1 fully saturated rings. The Morgan fingerprint density at radius 3 is 2.41 bits per heavy atom. The van der Waals surface area contributed by atoms with Crippen LogP contribution in [0, 0.1) is 0 Å². The van der Waals surface area contributed by atoms with Crippen molar-refractivity contribution >= 4 is 28.1 Å². The van der Waals surface area contributed by atoms with Crippen molar-refractivity contribution in [3.05, 3.63) is 65.0 Å². The molecule has 1 amide bonds. The number of morpholine rings is 1. The number of hydrogen-bond acceptors (Lipinski definition) is 6. The van der Waals surface area contributed by atoms with E-state index in [0.717, 1.165) is 68.0 Å². The molecule has 1 N–H and O–H groups in total. The fourth-order valence-electron chi connectivity index (χ4n) is 3.69. The molecule has 0 atom stereocenters. The minimum Gasteiger partial charge on any atom is -0.378 e. The number of rotatable bonds is 8. The first kappa shape index (κ1) is 22.5. The van der Waals surface area contributed by atoms with E-state index in [1.165, 1.54) is 5.56 Å². The highest BCUT2D eigenvalue weighted by Gasteiger charge is 2.15. The molecule has 2 heterocycles. The second kappa shape index (κ2) is 10.7. The number of nitrogens with zero attached hydrogens (tertiary/aromatic N) is 3. The number of hydrogen-bond donors (Lipinski definition) is 1. The molecule has 1 aliphatic rings. The Balaban J connectivity index is 1.36. The van der Waals surface area contributed by atoms with Crippen LogP contribution in [0.5, 0.6) is 0 Å². The zero-order chi connectivity index (χ0) is 22.3. The van der Waals surface area contributed by atoms with Crippen LogP contribution in [0.1, 0.15) is 29.8 Å². The predicted molar refractivity (Wildman–Crippen MR) is 132 cm³/mol. The Morgan fingerprint density at radius 2 is 1.75 bits per heavy atom. The van der Waals surface area contributed by atoms with Crippen molar-refractivity contribution in [3.8, 4) is 11.3 Å². The lowest BCUT2D eigenvalue weighted by Gasteiger charge is -2.26. The van der Waals surface area contributed by atoms with Crippen LogP contribution in [0.25, 0.3) is 11.3 Å². The first-order valence-corrected chi connectivity index (χ1v) is 12.1. The number of amides is 1. The topological polar surface area (TPSA) is 57.7 Å².